The molecule has 0 bridgehead atoms. The van der Waals surface area contributed by atoms with Gasteiger partial charge in [-0.3, -0.25) is 4.79 Å². The molecule has 4 N–H and O–H groups in total. The molecule has 0 aliphatic rings. The van der Waals surface area contributed by atoms with Crippen molar-refractivity contribution in [2.45, 2.75) is 12.5 Å². The summed E-state index contributed by atoms with van der Waals surface area (Å²) in [6.07, 6.45) is 0.184. The molecule has 0 spiro atoms. The molecule has 0 saturated heterocycles. The summed E-state index contributed by atoms with van der Waals surface area (Å²) in [5, 5.41) is 13.2. The summed E-state index contributed by atoms with van der Waals surface area (Å²) in [7, 11) is 1.68. The average molecular weight is 467 g/mol. The number of methoxy groups -OCH3 is 1. The molecule has 0 heterocycles. The highest BCUT2D eigenvalue weighted by atomic mass is 79.9. The molecular formula is C21H27BrN2O5. The standard InChI is InChI=1S/C21H27BrN2O5/c1-27-10-8-15-2-7-20(19(22)12-15)29-14-17(25)13-24-9-11-28-18-5-3-16(4-6-18)21(23)26/h2-7,12,17,24-25H,8-11,13-14H2,1H3,(H2,23,26). The highest BCUT2D eigenvalue weighted by Crippen LogP contribution is 2.26. The lowest BCUT2D eigenvalue weighted by Crippen LogP contribution is -2.33. The van der Waals surface area contributed by atoms with Gasteiger partial charge in [-0.05, 0) is 64.3 Å². The molecule has 158 valence electrons. The van der Waals surface area contributed by atoms with Crippen molar-refractivity contribution < 1.29 is 24.1 Å². The van der Waals surface area contributed by atoms with E-state index in [0.29, 0.717) is 43.4 Å². The summed E-state index contributed by atoms with van der Waals surface area (Å²) in [5.41, 5.74) is 6.79. The second-order valence-electron chi connectivity index (χ2n) is 6.41. The number of aliphatic hydroxyl groups is 1. The second kappa shape index (κ2) is 12.4. The minimum atomic E-state index is -0.648. The predicted molar refractivity (Wildman–Crippen MR) is 115 cm³/mol. The molecule has 1 amide bonds. The van der Waals surface area contributed by atoms with E-state index in [1.807, 2.05) is 18.2 Å². The number of halogens is 1. The Hall–Kier alpha value is -2.13. The minimum Gasteiger partial charge on any atom is -0.492 e. The summed E-state index contributed by atoms with van der Waals surface area (Å²) >= 11 is 3.49. The fraction of sp³-hybridized carbons (Fsp3) is 0.381. The maximum Gasteiger partial charge on any atom is 0.248 e. The van der Waals surface area contributed by atoms with E-state index in [4.69, 9.17) is 19.9 Å². The van der Waals surface area contributed by atoms with Crippen LogP contribution >= 0.6 is 15.9 Å². The molecule has 0 saturated carbocycles. The fourth-order valence-electron chi connectivity index (χ4n) is 2.51. The van der Waals surface area contributed by atoms with E-state index < -0.39 is 12.0 Å². The van der Waals surface area contributed by atoms with Crippen molar-refractivity contribution in [1.29, 1.82) is 0 Å². The Bertz CT molecular complexity index is 770. The van der Waals surface area contributed by atoms with E-state index >= 15 is 0 Å². The van der Waals surface area contributed by atoms with Gasteiger partial charge in [0.2, 0.25) is 5.91 Å². The van der Waals surface area contributed by atoms with Gasteiger partial charge >= 0.3 is 0 Å². The number of hydrogen-bond donors (Lipinski definition) is 3. The summed E-state index contributed by atoms with van der Waals surface area (Å²) in [6.45, 7) is 2.22. The third kappa shape index (κ3) is 8.41. The van der Waals surface area contributed by atoms with E-state index in [1.54, 1.807) is 31.4 Å². The van der Waals surface area contributed by atoms with Crippen molar-refractivity contribution in [1.82, 2.24) is 5.32 Å². The first kappa shape index (κ1) is 23.2. The lowest BCUT2D eigenvalue weighted by atomic mass is 10.1. The number of aliphatic hydroxyl groups excluding tert-OH is 1. The van der Waals surface area contributed by atoms with Crippen LogP contribution in [0.3, 0.4) is 0 Å². The quantitative estimate of drug-likeness (QED) is 0.390. The van der Waals surface area contributed by atoms with Gasteiger partial charge in [-0.1, -0.05) is 6.07 Å². The number of carbonyl (C=O) groups excluding carboxylic acids is 1. The zero-order valence-electron chi connectivity index (χ0n) is 16.4. The molecule has 29 heavy (non-hydrogen) atoms. The van der Waals surface area contributed by atoms with Gasteiger partial charge in [0.25, 0.3) is 0 Å². The Morgan fingerprint density at radius 3 is 2.59 bits per heavy atom. The number of nitrogens with two attached hydrogens (primary N) is 1. The van der Waals surface area contributed by atoms with Crippen LogP contribution in [0.2, 0.25) is 0 Å². The van der Waals surface area contributed by atoms with Crippen LogP contribution in [0.15, 0.2) is 46.9 Å². The van der Waals surface area contributed by atoms with Crippen molar-refractivity contribution in [2.24, 2.45) is 5.73 Å². The number of amides is 1. The van der Waals surface area contributed by atoms with E-state index in [2.05, 4.69) is 21.2 Å². The number of rotatable bonds is 13. The number of benzene rings is 2. The zero-order valence-corrected chi connectivity index (χ0v) is 18.0. The molecule has 8 heteroatoms. The van der Waals surface area contributed by atoms with Gasteiger partial charge < -0.3 is 30.4 Å². The Morgan fingerprint density at radius 1 is 1.17 bits per heavy atom. The molecule has 2 rings (SSSR count). The number of primary amides is 1. The summed E-state index contributed by atoms with van der Waals surface area (Å²) in [6, 6.07) is 12.5. The normalized spacial score (nSPS) is 11.8. The third-order valence-electron chi connectivity index (χ3n) is 4.09. The highest BCUT2D eigenvalue weighted by Gasteiger charge is 2.08. The zero-order chi connectivity index (χ0) is 21.1. The van der Waals surface area contributed by atoms with Gasteiger partial charge in [-0.2, -0.15) is 0 Å². The van der Waals surface area contributed by atoms with Crippen molar-refractivity contribution in [3.05, 3.63) is 58.1 Å². The molecule has 0 aromatic heterocycles. The van der Waals surface area contributed by atoms with Gasteiger partial charge in [0.05, 0.1) is 11.1 Å². The summed E-state index contributed by atoms with van der Waals surface area (Å²) in [4.78, 5) is 11.0. The molecule has 1 atom stereocenters. The van der Waals surface area contributed by atoms with Gasteiger partial charge in [0.1, 0.15) is 30.8 Å². The molecule has 2 aromatic carbocycles. The smallest absolute Gasteiger partial charge is 0.248 e. The molecule has 0 radical (unpaired) electrons. The number of nitrogens with one attached hydrogen (secondary N) is 1. The van der Waals surface area contributed by atoms with Gasteiger partial charge in [0, 0.05) is 25.8 Å². The van der Waals surface area contributed by atoms with Gasteiger partial charge in [-0.15, -0.1) is 0 Å². The van der Waals surface area contributed by atoms with Crippen LogP contribution in [-0.4, -0.2) is 57.1 Å². The third-order valence-corrected chi connectivity index (χ3v) is 4.71. The number of ether oxygens (including phenoxy) is 3. The predicted octanol–water partition coefficient (Wildman–Crippen LogP) is 2.15. The molecule has 7 nitrogen and oxygen atoms in total. The monoisotopic (exact) mass is 466 g/mol. The van der Waals surface area contributed by atoms with Crippen LogP contribution in [-0.2, 0) is 11.2 Å². The Kier molecular flexibility index (Phi) is 9.93. The van der Waals surface area contributed by atoms with E-state index in [-0.39, 0.29) is 6.61 Å². The molecular weight excluding hydrogens is 440 g/mol. The first-order chi connectivity index (χ1) is 14.0. The van der Waals surface area contributed by atoms with Crippen LogP contribution in [0.5, 0.6) is 11.5 Å². The van der Waals surface area contributed by atoms with E-state index in [9.17, 15) is 9.90 Å². The van der Waals surface area contributed by atoms with E-state index in [0.717, 1.165) is 16.5 Å². The van der Waals surface area contributed by atoms with Crippen molar-refractivity contribution in [2.75, 3.05) is 40.0 Å². The molecule has 0 fully saturated rings. The van der Waals surface area contributed by atoms with Crippen LogP contribution in [0.1, 0.15) is 15.9 Å². The molecule has 0 aliphatic heterocycles. The van der Waals surface area contributed by atoms with Gasteiger partial charge in [0.15, 0.2) is 0 Å². The molecule has 2 aromatic rings. The maximum absolute atomic E-state index is 11.0. The largest absolute Gasteiger partial charge is 0.492 e. The summed E-state index contributed by atoms with van der Waals surface area (Å²) < 4.78 is 17.2. The topological polar surface area (TPSA) is 103 Å². The van der Waals surface area contributed by atoms with Crippen LogP contribution in [0.25, 0.3) is 0 Å². The molecule has 1 unspecified atom stereocenters. The van der Waals surface area contributed by atoms with Crippen molar-refractivity contribution >= 4 is 21.8 Å². The number of hydrogen-bond acceptors (Lipinski definition) is 6. The second-order valence-corrected chi connectivity index (χ2v) is 7.27. The average Bonchev–Trinajstić information content (AvgIpc) is 2.71. The highest BCUT2D eigenvalue weighted by molar-refractivity contribution is 9.10. The van der Waals surface area contributed by atoms with Crippen molar-refractivity contribution in [3.63, 3.8) is 0 Å². The van der Waals surface area contributed by atoms with Crippen molar-refractivity contribution in [3.8, 4) is 11.5 Å². The summed E-state index contributed by atoms with van der Waals surface area (Å²) in [5.74, 6) is 0.871. The van der Waals surface area contributed by atoms with E-state index in [1.165, 1.54) is 0 Å². The van der Waals surface area contributed by atoms with Crippen LogP contribution in [0.4, 0.5) is 0 Å². The van der Waals surface area contributed by atoms with Crippen LogP contribution in [0, 0.1) is 0 Å². The Morgan fingerprint density at radius 2 is 1.93 bits per heavy atom. The maximum atomic E-state index is 11.0. The number of carbonyl (C=O) groups is 1. The first-order valence-corrected chi connectivity index (χ1v) is 10.1. The first-order valence-electron chi connectivity index (χ1n) is 9.31. The lowest BCUT2D eigenvalue weighted by Gasteiger charge is -2.15. The lowest BCUT2D eigenvalue weighted by molar-refractivity contribution is 0.1000. The molecule has 0 aliphatic carbocycles. The van der Waals surface area contributed by atoms with Crippen LogP contribution < -0.4 is 20.5 Å². The Balaban J connectivity index is 1.62. The minimum absolute atomic E-state index is 0.179. The van der Waals surface area contributed by atoms with Gasteiger partial charge in [-0.25, -0.2) is 0 Å². The SMILES string of the molecule is COCCc1ccc(OCC(O)CNCCOc2ccc(C(N)=O)cc2)c(Br)c1. The fourth-order valence-corrected chi connectivity index (χ4v) is 3.05. The Labute approximate surface area is 179 Å².